The fourth-order valence-electron chi connectivity index (χ4n) is 9.32. The van der Waals surface area contributed by atoms with E-state index in [9.17, 15) is 0 Å². The van der Waals surface area contributed by atoms with Gasteiger partial charge < -0.3 is 0 Å². The van der Waals surface area contributed by atoms with E-state index >= 15 is 0 Å². The Bertz CT molecular complexity index is 2220. The summed E-state index contributed by atoms with van der Waals surface area (Å²) in [4.78, 5) is 0. The Morgan fingerprint density at radius 1 is 0.449 bits per heavy atom. The van der Waals surface area contributed by atoms with Crippen molar-refractivity contribution in [1.82, 2.24) is 0 Å². The van der Waals surface area contributed by atoms with Crippen molar-refractivity contribution in [3.05, 3.63) is 191 Å². The first-order chi connectivity index (χ1) is 24.1. The van der Waals surface area contributed by atoms with Crippen LogP contribution in [0.5, 0.6) is 0 Å². The molecule has 0 spiro atoms. The van der Waals surface area contributed by atoms with Gasteiger partial charge in [0.25, 0.3) is 0 Å². The zero-order valence-electron chi connectivity index (χ0n) is 28.5. The molecule has 9 rings (SSSR count). The van der Waals surface area contributed by atoms with Crippen LogP contribution in [0.1, 0.15) is 55.8 Å². The molecule has 2 aliphatic carbocycles. The summed E-state index contributed by atoms with van der Waals surface area (Å²) in [6.45, 7) is 0. The van der Waals surface area contributed by atoms with Crippen LogP contribution in [0.2, 0.25) is 13.5 Å². The summed E-state index contributed by atoms with van der Waals surface area (Å²) in [5.74, 6) is 0.478. The van der Waals surface area contributed by atoms with Crippen LogP contribution in [0, 0.1) is 0 Å². The van der Waals surface area contributed by atoms with Crippen LogP contribution >= 0.6 is 0 Å². The Labute approximate surface area is 298 Å². The van der Waals surface area contributed by atoms with E-state index in [0.29, 0.717) is 9.59 Å². The predicted molar refractivity (Wildman–Crippen MR) is 210 cm³/mol. The Balaban J connectivity index is 1.25. The third-order valence-corrected chi connectivity index (χ3v) is 27.5. The number of benzene rings is 6. The van der Waals surface area contributed by atoms with E-state index in [1.165, 1.54) is 56.0 Å². The molecule has 3 aliphatic rings. The molecule has 238 valence electrons. The van der Waals surface area contributed by atoms with E-state index in [1.807, 2.05) is 0 Å². The summed E-state index contributed by atoms with van der Waals surface area (Å²) in [5.41, 5.74) is 17.6. The van der Waals surface area contributed by atoms with Gasteiger partial charge in [-0.15, -0.1) is 0 Å². The minimum atomic E-state index is -2.85. The summed E-state index contributed by atoms with van der Waals surface area (Å²) in [5, 5.41) is 3.38. The first kappa shape index (κ1) is 30.9. The molecule has 1 heterocycles. The maximum absolute atomic E-state index is 2.85. The molecule has 0 amide bonds. The summed E-state index contributed by atoms with van der Waals surface area (Å²) in [7, 11) is -0.865. The van der Waals surface area contributed by atoms with Crippen molar-refractivity contribution < 1.29 is 20.0 Å². The van der Waals surface area contributed by atoms with Crippen molar-refractivity contribution in [3.63, 3.8) is 0 Å². The second-order valence-corrected chi connectivity index (χ2v) is 34.8. The van der Waals surface area contributed by atoms with Gasteiger partial charge in [0, 0.05) is 0 Å². The normalized spacial score (nSPS) is 19.8. The first-order valence-electron chi connectivity index (χ1n) is 18.0. The van der Waals surface area contributed by atoms with Crippen molar-refractivity contribution in [2.24, 2.45) is 0 Å². The molecule has 0 radical (unpaired) electrons. The van der Waals surface area contributed by atoms with E-state index in [-0.39, 0.29) is 0 Å². The molecule has 0 fully saturated rings. The quantitative estimate of drug-likeness (QED) is 0.156. The van der Waals surface area contributed by atoms with Crippen LogP contribution in [-0.2, 0) is 20.0 Å². The molecule has 0 nitrogen and oxygen atoms in total. The van der Waals surface area contributed by atoms with Gasteiger partial charge in [0.05, 0.1) is 0 Å². The maximum atomic E-state index is 2.77. The van der Waals surface area contributed by atoms with Crippen LogP contribution in [0.25, 0.3) is 43.8 Å². The molecule has 0 aromatic heterocycles. The molecule has 2 unspecified atom stereocenters. The zero-order valence-corrected chi connectivity index (χ0v) is 33.5. The molecular weight excluding hydrogens is 771 g/mol. The Hall–Kier alpha value is -4.11. The van der Waals surface area contributed by atoms with Gasteiger partial charge in [-0.1, -0.05) is 6.07 Å². The number of hydrogen-bond donors (Lipinski definition) is 0. The molecule has 6 aromatic carbocycles. The Morgan fingerprint density at radius 2 is 0.878 bits per heavy atom. The molecule has 4 bridgehead atoms. The van der Waals surface area contributed by atoms with Gasteiger partial charge in [0.1, 0.15) is 0 Å². The van der Waals surface area contributed by atoms with Gasteiger partial charge in [-0.3, -0.25) is 0 Å². The standard InChI is InChI=1S/C45H36Si.2CH3.Hf/c1-2-13-40-39-20-11-12-21-41(39)45(43(40)36-28-24-34(25-29-36)32-16-7-4-8-17-32)46-44-38-19-10-9-18-37(38)30-42(44)35-26-22-33(23-27-35)31-14-5-3-6-15-31;;;/h3-12,14-30,40H,1-2,13,46H2;2*1H3;. The summed E-state index contributed by atoms with van der Waals surface area (Å²) in [6, 6.07) is 59.9. The van der Waals surface area contributed by atoms with Crippen molar-refractivity contribution in [3.8, 4) is 22.3 Å². The van der Waals surface area contributed by atoms with Crippen LogP contribution in [0.15, 0.2) is 158 Å². The fraction of sp³-hybridized carbons (Fsp3) is 0.149. The minimum absolute atomic E-state index is 0.478. The van der Waals surface area contributed by atoms with Crippen LogP contribution < -0.4 is 0 Å². The van der Waals surface area contributed by atoms with Gasteiger partial charge in [0.15, 0.2) is 0 Å². The summed E-state index contributed by atoms with van der Waals surface area (Å²) >= 11 is -2.85. The van der Waals surface area contributed by atoms with Crippen molar-refractivity contribution >= 4 is 31.1 Å². The second-order valence-electron chi connectivity index (χ2n) is 14.9. The third kappa shape index (κ3) is 5.45. The third-order valence-electron chi connectivity index (χ3n) is 11.6. The van der Waals surface area contributed by atoms with E-state index in [0.717, 1.165) is 0 Å². The van der Waals surface area contributed by atoms with Crippen molar-refractivity contribution in [2.75, 3.05) is 0 Å². The molecule has 0 N–H and O–H groups in total. The number of fused-ring (bicyclic) bond motifs is 8. The van der Waals surface area contributed by atoms with E-state index in [2.05, 4.69) is 167 Å². The van der Waals surface area contributed by atoms with E-state index in [1.54, 1.807) is 38.2 Å². The summed E-state index contributed by atoms with van der Waals surface area (Å²) < 4.78 is 7.55. The molecule has 0 saturated heterocycles. The van der Waals surface area contributed by atoms with Gasteiger partial charge in [0.2, 0.25) is 0 Å². The average Bonchev–Trinajstić information content (AvgIpc) is 3.65. The first-order valence-corrected chi connectivity index (χ1v) is 31.2. The fourth-order valence-corrected chi connectivity index (χ4v) is 25.7. The Morgan fingerprint density at radius 3 is 1.47 bits per heavy atom. The van der Waals surface area contributed by atoms with Gasteiger partial charge in [-0.2, -0.15) is 0 Å². The molecule has 49 heavy (non-hydrogen) atoms. The number of allylic oxidation sites excluding steroid dienone is 2. The van der Waals surface area contributed by atoms with E-state index in [4.69, 9.17) is 0 Å². The summed E-state index contributed by atoms with van der Waals surface area (Å²) in [6.07, 6.45) is 2.56. The molecule has 2 heteroatoms. The predicted octanol–water partition coefficient (Wildman–Crippen LogP) is 12.2. The molecule has 0 saturated carbocycles. The average molecular weight is 813 g/mol. The molecule has 6 aromatic rings. The van der Waals surface area contributed by atoms with Crippen molar-refractivity contribution in [1.29, 1.82) is 0 Å². The van der Waals surface area contributed by atoms with Gasteiger partial charge in [-0.05, 0) is 0 Å². The SMILES string of the molecule is [CH3][Hf]1([CH3])[CH2]CCC2C(c3ccc(-c4ccccc4)cc3)=C([SiH2]C3=C(c4ccc(-c5ccccc5)cc4)[CH]1c1ccccc13)c1ccccc12. The van der Waals surface area contributed by atoms with Gasteiger partial charge >= 0.3 is 294 Å². The van der Waals surface area contributed by atoms with E-state index < -0.39 is 29.5 Å². The monoisotopic (exact) mass is 814 g/mol. The van der Waals surface area contributed by atoms with Crippen LogP contribution in [0.4, 0.5) is 0 Å². The van der Waals surface area contributed by atoms with Crippen LogP contribution in [0.3, 0.4) is 0 Å². The Kier molecular flexibility index (Phi) is 7.98. The zero-order chi connectivity index (χ0) is 33.0. The molecular formula is C47H42HfSi. The van der Waals surface area contributed by atoms with Gasteiger partial charge in [-0.25, -0.2) is 0 Å². The number of hydrogen-bond acceptors (Lipinski definition) is 0. The molecule has 1 aliphatic heterocycles. The van der Waals surface area contributed by atoms with Crippen LogP contribution in [-0.4, -0.2) is 9.52 Å². The second kappa shape index (κ2) is 12.6. The molecule has 2 atom stereocenters. The number of rotatable bonds is 4. The van der Waals surface area contributed by atoms with Crippen molar-refractivity contribution in [2.45, 2.75) is 36.0 Å². The topological polar surface area (TPSA) is 0 Å².